The predicted octanol–water partition coefficient (Wildman–Crippen LogP) is 3.00. The average Bonchev–Trinajstić information content (AvgIpc) is 3.16. The number of likely N-dealkylation sites (tertiary alicyclic amines) is 1. The predicted molar refractivity (Wildman–Crippen MR) is 92.5 cm³/mol. The Hall–Kier alpha value is -1.76. The Bertz CT molecular complexity index is 665. The lowest BCUT2D eigenvalue weighted by Crippen LogP contribution is -2.36. The lowest BCUT2D eigenvalue weighted by Gasteiger charge is -2.34. The van der Waals surface area contributed by atoms with Gasteiger partial charge in [-0.15, -0.1) is 0 Å². The molecule has 1 aliphatic heterocycles. The van der Waals surface area contributed by atoms with Crippen molar-refractivity contribution in [2.75, 3.05) is 6.54 Å². The molecule has 7 heteroatoms. The lowest BCUT2D eigenvalue weighted by atomic mass is 10.0. The highest BCUT2D eigenvalue weighted by Gasteiger charge is 2.29. The van der Waals surface area contributed by atoms with E-state index in [4.69, 9.17) is 4.98 Å². The molecule has 0 aliphatic carbocycles. The minimum absolute atomic E-state index is 0.0613. The molecule has 0 aromatic carbocycles. The van der Waals surface area contributed by atoms with Crippen LogP contribution in [0.4, 0.5) is 0 Å². The summed E-state index contributed by atoms with van der Waals surface area (Å²) in [6.07, 6.45) is 5.21. The number of nitrogens with one attached hydrogen (secondary N) is 1. The molecule has 24 heavy (non-hydrogen) atoms. The molecule has 1 unspecified atom stereocenters. The van der Waals surface area contributed by atoms with E-state index in [1.54, 1.807) is 6.33 Å². The number of rotatable bonds is 4. The van der Waals surface area contributed by atoms with Crippen molar-refractivity contribution >= 4 is 0 Å². The van der Waals surface area contributed by atoms with Gasteiger partial charge in [-0.1, -0.05) is 20.3 Å². The quantitative estimate of drug-likeness (QED) is 0.932. The van der Waals surface area contributed by atoms with Gasteiger partial charge < -0.3 is 0 Å². The van der Waals surface area contributed by atoms with Crippen molar-refractivity contribution in [3.63, 3.8) is 0 Å². The summed E-state index contributed by atoms with van der Waals surface area (Å²) >= 11 is 0. The molecule has 3 heterocycles. The summed E-state index contributed by atoms with van der Waals surface area (Å²) in [5, 5.41) is 12.0. The molecule has 0 spiro atoms. The van der Waals surface area contributed by atoms with Crippen molar-refractivity contribution in [1.29, 1.82) is 0 Å². The molecular weight excluding hydrogens is 302 g/mol. The van der Waals surface area contributed by atoms with Crippen molar-refractivity contribution in [3.8, 4) is 0 Å². The Morgan fingerprint density at radius 1 is 1.29 bits per heavy atom. The minimum Gasteiger partial charge on any atom is -0.286 e. The van der Waals surface area contributed by atoms with Crippen molar-refractivity contribution in [1.82, 2.24) is 34.8 Å². The SMILES string of the molecule is CC(C)c1n[nH]c(C2CCCCN2Cc2ncnn2C(C)(C)C)n1. The van der Waals surface area contributed by atoms with Crippen molar-refractivity contribution < 1.29 is 0 Å². The smallest absolute Gasteiger partial charge is 0.153 e. The molecule has 3 rings (SSSR count). The summed E-state index contributed by atoms with van der Waals surface area (Å²) in [7, 11) is 0. The van der Waals surface area contributed by atoms with Crippen LogP contribution >= 0.6 is 0 Å². The van der Waals surface area contributed by atoms with Gasteiger partial charge in [0.25, 0.3) is 0 Å². The van der Waals surface area contributed by atoms with Gasteiger partial charge in [0.05, 0.1) is 18.1 Å². The molecular formula is C17H29N7. The number of hydrogen-bond acceptors (Lipinski definition) is 5. The van der Waals surface area contributed by atoms with E-state index in [0.717, 1.165) is 37.0 Å². The molecule has 0 radical (unpaired) electrons. The van der Waals surface area contributed by atoms with Crippen LogP contribution in [-0.2, 0) is 12.1 Å². The van der Waals surface area contributed by atoms with E-state index in [2.05, 4.69) is 59.8 Å². The van der Waals surface area contributed by atoms with Gasteiger partial charge in [0.1, 0.15) is 18.0 Å². The van der Waals surface area contributed by atoms with E-state index in [9.17, 15) is 0 Å². The first-order valence-corrected chi connectivity index (χ1v) is 8.92. The lowest BCUT2D eigenvalue weighted by molar-refractivity contribution is 0.125. The van der Waals surface area contributed by atoms with Gasteiger partial charge in [-0.05, 0) is 40.2 Å². The number of H-pyrrole nitrogens is 1. The van der Waals surface area contributed by atoms with E-state index < -0.39 is 0 Å². The summed E-state index contributed by atoms with van der Waals surface area (Å²) in [4.78, 5) is 11.7. The first-order valence-electron chi connectivity index (χ1n) is 8.92. The number of aromatic amines is 1. The van der Waals surface area contributed by atoms with Crippen LogP contribution in [0.5, 0.6) is 0 Å². The molecule has 2 aromatic rings. The summed E-state index contributed by atoms with van der Waals surface area (Å²) < 4.78 is 2.03. The van der Waals surface area contributed by atoms with Crippen LogP contribution in [0, 0.1) is 0 Å². The number of piperidine rings is 1. The highest BCUT2D eigenvalue weighted by Crippen LogP contribution is 2.31. The van der Waals surface area contributed by atoms with Gasteiger partial charge in [0, 0.05) is 5.92 Å². The highest BCUT2D eigenvalue weighted by atomic mass is 15.4. The van der Waals surface area contributed by atoms with Crippen LogP contribution in [0.15, 0.2) is 6.33 Å². The van der Waals surface area contributed by atoms with Gasteiger partial charge in [0.15, 0.2) is 5.82 Å². The molecule has 0 bridgehead atoms. The Labute approximate surface area is 143 Å². The van der Waals surface area contributed by atoms with E-state index in [-0.39, 0.29) is 11.6 Å². The third-order valence-corrected chi connectivity index (χ3v) is 4.56. The Morgan fingerprint density at radius 2 is 2.08 bits per heavy atom. The highest BCUT2D eigenvalue weighted by molar-refractivity contribution is 5.02. The van der Waals surface area contributed by atoms with Gasteiger partial charge in [0.2, 0.25) is 0 Å². The van der Waals surface area contributed by atoms with E-state index in [1.807, 2.05) is 4.68 Å². The fourth-order valence-electron chi connectivity index (χ4n) is 3.30. The van der Waals surface area contributed by atoms with Gasteiger partial charge in [-0.25, -0.2) is 14.6 Å². The fraction of sp³-hybridized carbons (Fsp3) is 0.765. The van der Waals surface area contributed by atoms with Crippen molar-refractivity contribution in [2.24, 2.45) is 0 Å². The maximum absolute atomic E-state index is 4.73. The standard InChI is InChI=1S/C17H29N7/c1-12(2)15-20-16(22-21-15)13-8-6-7-9-23(13)10-14-18-11-19-24(14)17(3,4)5/h11-13H,6-10H2,1-5H3,(H,20,21,22). The van der Waals surface area contributed by atoms with E-state index in [0.29, 0.717) is 5.92 Å². The van der Waals surface area contributed by atoms with E-state index in [1.165, 1.54) is 12.8 Å². The number of aromatic nitrogens is 6. The van der Waals surface area contributed by atoms with Crippen LogP contribution in [0.25, 0.3) is 0 Å². The largest absolute Gasteiger partial charge is 0.286 e. The molecule has 0 amide bonds. The third-order valence-electron chi connectivity index (χ3n) is 4.56. The average molecular weight is 331 g/mol. The van der Waals surface area contributed by atoms with Gasteiger partial charge in [-0.3, -0.25) is 10.00 Å². The molecule has 1 aliphatic rings. The normalized spacial score (nSPS) is 20.0. The van der Waals surface area contributed by atoms with Gasteiger partial charge in [-0.2, -0.15) is 10.2 Å². The molecule has 7 nitrogen and oxygen atoms in total. The zero-order valence-corrected chi connectivity index (χ0v) is 15.5. The van der Waals surface area contributed by atoms with Crippen LogP contribution in [0.2, 0.25) is 0 Å². The second-order valence-electron chi connectivity index (χ2n) is 7.97. The molecule has 1 fully saturated rings. The van der Waals surface area contributed by atoms with Crippen molar-refractivity contribution in [2.45, 2.75) is 77.9 Å². The van der Waals surface area contributed by atoms with Crippen molar-refractivity contribution in [3.05, 3.63) is 23.8 Å². The molecule has 0 saturated carbocycles. The Morgan fingerprint density at radius 3 is 2.75 bits per heavy atom. The maximum atomic E-state index is 4.73. The van der Waals surface area contributed by atoms with Crippen LogP contribution in [0.1, 0.15) is 83.3 Å². The molecule has 132 valence electrons. The molecule has 1 saturated heterocycles. The van der Waals surface area contributed by atoms with Crippen LogP contribution < -0.4 is 0 Å². The van der Waals surface area contributed by atoms with Crippen LogP contribution in [0.3, 0.4) is 0 Å². The zero-order valence-electron chi connectivity index (χ0n) is 15.5. The monoisotopic (exact) mass is 331 g/mol. The number of hydrogen-bond donors (Lipinski definition) is 1. The molecule has 1 N–H and O–H groups in total. The molecule has 2 aromatic heterocycles. The Kier molecular flexibility index (Phi) is 4.71. The summed E-state index contributed by atoms with van der Waals surface area (Å²) in [5.41, 5.74) is -0.0613. The molecule has 1 atom stereocenters. The first-order chi connectivity index (χ1) is 11.4. The third kappa shape index (κ3) is 3.50. The van der Waals surface area contributed by atoms with E-state index >= 15 is 0 Å². The zero-order chi connectivity index (χ0) is 17.3. The second-order valence-corrected chi connectivity index (χ2v) is 7.97. The van der Waals surface area contributed by atoms with Gasteiger partial charge >= 0.3 is 0 Å². The second kappa shape index (κ2) is 6.63. The minimum atomic E-state index is -0.0613. The topological polar surface area (TPSA) is 75.5 Å². The number of nitrogens with zero attached hydrogens (tertiary/aromatic N) is 6. The maximum Gasteiger partial charge on any atom is 0.153 e. The Balaban J connectivity index is 1.81. The fourth-order valence-corrected chi connectivity index (χ4v) is 3.30. The summed E-state index contributed by atoms with van der Waals surface area (Å²) in [6, 6.07) is 0.281. The summed E-state index contributed by atoms with van der Waals surface area (Å²) in [5.74, 6) is 3.24. The van der Waals surface area contributed by atoms with Crippen LogP contribution in [-0.4, -0.2) is 41.4 Å². The summed E-state index contributed by atoms with van der Waals surface area (Å²) in [6.45, 7) is 12.6. The first kappa shape index (κ1) is 17.1.